The normalized spacial score (nSPS) is 18.6. The van der Waals surface area contributed by atoms with Gasteiger partial charge in [-0.15, -0.1) is 0 Å². The molecule has 5 heteroatoms. The number of urea groups is 1. The average molecular weight is 263 g/mol. The molecule has 104 valence electrons. The van der Waals surface area contributed by atoms with Crippen molar-refractivity contribution in [3.8, 4) is 0 Å². The molecule has 2 rings (SSSR count). The van der Waals surface area contributed by atoms with Gasteiger partial charge in [0.05, 0.1) is 6.61 Å². The van der Waals surface area contributed by atoms with Crippen LogP contribution >= 0.6 is 0 Å². The van der Waals surface area contributed by atoms with Gasteiger partial charge in [0, 0.05) is 38.3 Å². The molecule has 1 atom stereocenters. The molecule has 0 saturated carbocycles. The Morgan fingerprint density at radius 3 is 2.84 bits per heavy atom. The molecule has 1 aromatic carbocycles. The summed E-state index contributed by atoms with van der Waals surface area (Å²) < 4.78 is 5.13. The minimum absolute atomic E-state index is 0.0425. The summed E-state index contributed by atoms with van der Waals surface area (Å²) >= 11 is 0. The first-order valence-corrected chi connectivity index (χ1v) is 6.57. The van der Waals surface area contributed by atoms with Gasteiger partial charge in [0.1, 0.15) is 0 Å². The highest BCUT2D eigenvalue weighted by atomic mass is 16.5. The van der Waals surface area contributed by atoms with Crippen molar-refractivity contribution >= 4 is 11.7 Å². The molecular weight excluding hydrogens is 242 g/mol. The lowest BCUT2D eigenvalue weighted by molar-refractivity contribution is 0.154. The zero-order chi connectivity index (χ0) is 13.7. The van der Waals surface area contributed by atoms with Gasteiger partial charge in [-0.25, -0.2) is 4.79 Å². The smallest absolute Gasteiger partial charge is 0.321 e. The second-order valence-corrected chi connectivity index (χ2v) is 4.89. The third-order valence-corrected chi connectivity index (χ3v) is 3.42. The monoisotopic (exact) mass is 263 g/mol. The number of nitrogens with zero attached hydrogens (tertiary/aromatic N) is 1. The van der Waals surface area contributed by atoms with E-state index < -0.39 is 0 Å². The number of carbonyl (C=O) groups is 1. The lowest BCUT2D eigenvalue weighted by Gasteiger charge is -2.17. The van der Waals surface area contributed by atoms with Gasteiger partial charge in [0.2, 0.25) is 0 Å². The summed E-state index contributed by atoms with van der Waals surface area (Å²) in [6, 6.07) is 7.56. The van der Waals surface area contributed by atoms with E-state index in [4.69, 9.17) is 10.5 Å². The Morgan fingerprint density at radius 2 is 2.21 bits per heavy atom. The molecule has 0 spiro atoms. The number of hydrogen-bond acceptors (Lipinski definition) is 3. The second kappa shape index (κ2) is 6.54. The number of hydrogen-bond donors (Lipinski definition) is 2. The topological polar surface area (TPSA) is 67.6 Å². The van der Waals surface area contributed by atoms with Crippen LogP contribution in [0.5, 0.6) is 0 Å². The highest BCUT2D eigenvalue weighted by molar-refractivity contribution is 5.89. The third kappa shape index (κ3) is 3.68. The lowest BCUT2D eigenvalue weighted by Crippen LogP contribution is -2.33. The molecule has 1 fully saturated rings. The summed E-state index contributed by atoms with van der Waals surface area (Å²) in [4.78, 5) is 13.9. The summed E-state index contributed by atoms with van der Waals surface area (Å²) in [6.07, 6.45) is 1.01. The third-order valence-electron chi connectivity index (χ3n) is 3.42. The summed E-state index contributed by atoms with van der Waals surface area (Å²) in [7, 11) is 1.70. The average Bonchev–Trinajstić information content (AvgIpc) is 2.89. The first kappa shape index (κ1) is 13.8. The van der Waals surface area contributed by atoms with E-state index in [0.29, 0.717) is 12.5 Å². The van der Waals surface area contributed by atoms with Gasteiger partial charge >= 0.3 is 6.03 Å². The fourth-order valence-corrected chi connectivity index (χ4v) is 2.32. The molecule has 1 saturated heterocycles. The number of nitrogens with one attached hydrogen (secondary N) is 1. The summed E-state index contributed by atoms with van der Waals surface area (Å²) in [5, 5.41) is 2.90. The summed E-state index contributed by atoms with van der Waals surface area (Å²) in [5.41, 5.74) is 7.40. The van der Waals surface area contributed by atoms with Crippen LogP contribution in [-0.4, -0.2) is 37.7 Å². The minimum atomic E-state index is -0.0425. The molecule has 0 radical (unpaired) electrons. The molecule has 0 bridgehead atoms. The van der Waals surface area contributed by atoms with E-state index in [-0.39, 0.29) is 6.03 Å². The van der Waals surface area contributed by atoms with E-state index in [9.17, 15) is 4.79 Å². The zero-order valence-corrected chi connectivity index (χ0v) is 11.3. The van der Waals surface area contributed by atoms with Crippen LogP contribution in [0.4, 0.5) is 10.5 Å². The molecule has 1 aromatic rings. The predicted octanol–water partition coefficient (Wildman–Crippen LogP) is 1.65. The maximum atomic E-state index is 12.1. The number of anilines is 1. The molecule has 0 aliphatic carbocycles. The Balaban J connectivity index is 1.87. The van der Waals surface area contributed by atoms with Crippen molar-refractivity contribution in [2.24, 2.45) is 11.7 Å². The second-order valence-electron chi connectivity index (χ2n) is 4.89. The molecule has 1 heterocycles. The number of likely N-dealkylation sites (tertiary alicyclic amines) is 1. The van der Waals surface area contributed by atoms with Crippen molar-refractivity contribution in [2.45, 2.75) is 13.0 Å². The lowest BCUT2D eigenvalue weighted by atomic mass is 10.1. The fourth-order valence-electron chi connectivity index (χ4n) is 2.32. The Kier molecular flexibility index (Phi) is 4.76. The van der Waals surface area contributed by atoms with Gasteiger partial charge in [-0.1, -0.05) is 12.1 Å². The van der Waals surface area contributed by atoms with E-state index in [2.05, 4.69) is 5.32 Å². The molecule has 5 nitrogen and oxygen atoms in total. The number of nitrogens with two attached hydrogens (primary N) is 1. The highest BCUT2D eigenvalue weighted by Gasteiger charge is 2.25. The Bertz CT molecular complexity index is 419. The van der Waals surface area contributed by atoms with Crippen LogP contribution in [0, 0.1) is 5.92 Å². The van der Waals surface area contributed by atoms with Crippen LogP contribution in [-0.2, 0) is 11.3 Å². The zero-order valence-electron chi connectivity index (χ0n) is 11.3. The predicted molar refractivity (Wildman–Crippen MR) is 74.9 cm³/mol. The molecule has 19 heavy (non-hydrogen) atoms. The van der Waals surface area contributed by atoms with Crippen molar-refractivity contribution in [3.63, 3.8) is 0 Å². The Morgan fingerprint density at radius 1 is 1.47 bits per heavy atom. The van der Waals surface area contributed by atoms with E-state index in [1.54, 1.807) is 7.11 Å². The summed E-state index contributed by atoms with van der Waals surface area (Å²) in [5.74, 6) is 0.454. The molecule has 1 aliphatic heterocycles. The molecule has 3 N–H and O–H groups in total. The number of ether oxygens (including phenoxy) is 1. The van der Waals surface area contributed by atoms with Crippen molar-refractivity contribution in [3.05, 3.63) is 29.8 Å². The van der Waals surface area contributed by atoms with Crippen LogP contribution in [0.15, 0.2) is 24.3 Å². The highest BCUT2D eigenvalue weighted by Crippen LogP contribution is 2.18. The van der Waals surface area contributed by atoms with Gasteiger partial charge in [0.25, 0.3) is 0 Å². The van der Waals surface area contributed by atoms with E-state index in [1.807, 2.05) is 29.2 Å². The molecular formula is C14H21N3O2. The van der Waals surface area contributed by atoms with Crippen LogP contribution in [0.1, 0.15) is 12.0 Å². The van der Waals surface area contributed by atoms with E-state index in [0.717, 1.165) is 37.4 Å². The number of carbonyl (C=O) groups excluding carboxylic acids is 1. The molecule has 1 unspecified atom stereocenters. The van der Waals surface area contributed by atoms with Gasteiger partial charge in [-0.2, -0.15) is 0 Å². The number of amides is 2. The van der Waals surface area contributed by atoms with Gasteiger partial charge < -0.3 is 20.7 Å². The maximum absolute atomic E-state index is 12.1. The molecule has 2 amide bonds. The van der Waals surface area contributed by atoms with Gasteiger partial charge in [-0.3, -0.25) is 0 Å². The standard InChI is InChI=1S/C14H21N3O2/c1-19-10-12-6-7-17(9-12)14(18)16-13-4-2-11(8-15)3-5-13/h2-5,12H,6-10,15H2,1H3,(H,16,18). The fraction of sp³-hybridized carbons (Fsp3) is 0.500. The van der Waals surface area contributed by atoms with E-state index >= 15 is 0 Å². The largest absolute Gasteiger partial charge is 0.384 e. The van der Waals surface area contributed by atoms with Crippen LogP contribution in [0.25, 0.3) is 0 Å². The Labute approximate surface area is 113 Å². The van der Waals surface area contributed by atoms with Gasteiger partial charge in [-0.05, 0) is 24.1 Å². The molecule has 1 aliphatic rings. The summed E-state index contributed by atoms with van der Waals surface area (Å²) in [6.45, 7) is 2.79. The number of benzene rings is 1. The van der Waals surface area contributed by atoms with Gasteiger partial charge in [0.15, 0.2) is 0 Å². The van der Waals surface area contributed by atoms with Crippen molar-refractivity contribution in [1.82, 2.24) is 4.90 Å². The first-order chi connectivity index (χ1) is 9.22. The van der Waals surface area contributed by atoms with Crippen molar-refractivity contribution < 1.29 is 9.53 Å². The number of rotatable bonds is 4. The quantitative estimate of drug-likeness (QED) is 0.868. The van der Waals surface area contributed by atoms with Crippen molar-refractivity contribution in [2.75, 3.05) is 32.1 Å². The van der Waals surface area contributed by atoms with Crippen LogP contribution in [0.2, 0.25) is 0 Å². The Hall–Kier alpha value is -1.59. The maximum Gasteiger partial charge on any atom is 0.321 e. The van der Waals surface area contributed by atoms with E-state index in [1.165, 1.54) is 0 Å². The SMILES string of the molecule is COCC1CCN(C(=O)Nc2ccc(CN)cc2)C1. The van der Waals surface area contributed by atoms with Crippen LogP contribution in [0.3, 0.4) is 0 Å². The number of methoxy groups -OCH3 is 1. The molecule has 0 aromatic heterocycles. The first-order valence-electron chi connectivity index (χ1n) is 6.57. The van der Waals surface area contributed by atoms with Crippen LogP contribution < -0.4 is 11.1 Å². The van der Waals surface area contributed by atoms with Crippen molar-refractivity contribution in [1.29, 1.82) is 0 Å². The minimum Gasteiger partial charge on any atom is -0.384 e.